The van der Waals surface area contributed by atoms with Gasteiger partial charge in [0.1, 0.15) is 0 Å². The van der Waals surface area contributed by atoms with Crippen molar-refractivity contribution in [3.63, 3.8) is 0 Å². The summed E-state index contributed by atoms with van der Waals surface area (Å²) < 4.78 is 2.87. The van der Waals surface area contributed by atoms with E-state index >= 15 is 0 Å². The summed E-state index contributed by atoms with van der Waals surface area (Å²) >= 11 is 2.05. The Bertz CT molecular complexity index is 4490. The molecule has 5 heterocycles. The molecule has 4 heteroatoms. The number of anilines is 6. The lowest BCUT2D eigenvalue weighted by atomic mass is 9.33. The molecule has 0 radical (unpaired) electrons. The zero-order valence-electron chi connectivity index (χ0n) is 55.1. The van der Waals surface area contributed by atoms with Crippen LogP contribution in [0.3, 0.4) is 0 Å². The zero-order chi connectivity index (χ0) is 59.7. The van der Waals surface area contributed by atoms with Gasteiger partial charge in [-0.3, -0.25) is 0 Å². The summed E-state index contributed by atoms with van der Waals surface area (Å²) in [6.45, 7) is 44.1. The molecule has 438 valence electrons. The summed E-state index contributed by atoms with van der Waals surface area (Å²) in [5.74, 6) is 0.213. The average molecular weight is 1150 g/mol. The molecule has 4 aliphatic heterocycles. The van der Waals surface area contributed by atoms with E-state index in [0.717, 1.165) is 19.3 Å². The van der Waals surface area contributed by atoms with Gasteiger partial charge in [-0.15, -0.1) is 11.3 Å². The maximum absolute atomic E-state index is 2.98. The van der Waals surface area contributed by atoms with Crippen LogP contribution >= 0.6 is 11.3 Å². The molecule has 4 unspecified atom stereocenters. The van der Waals surface area contributed by atoms with Gasteiger partial charge in [-0.2, -0.15) is 0 Å². The smallest absolute Gasteiger partial charge is 0.252 e. The molecule has 2 nitrogen and oxygen atoms in total. The second-order valence-corrected chi connectivity index (χ2v) is 36.6. The number of rotatable bonds is 1. The van der Waals surface area contributed by atoms with E-state index in [-0.39, 0.29) is 66.8 Å². The van der Waals surface area contributed by atoms with Crippen molar-refractivity contribution < 1.29 is 0 Å². The second kappa shape index (κ2) is 15.9. The molecule has 0 N–H and O–H groups in total. The highest BCUT2D eigenvalue weighted by atomic mass is 32.1. The predicted molar refractivity (Wildman–Crippen MR) is 368 cm³/mol. The van der Waals surface area contributed by atoms with E-state index < -0.39 is 0 Å². The number of benzene rings is 7. The zero-order valence-corrected chi connectivity index (χ0v) is 55.9. The molecule has 1 fully saturated rings. The SMILES string of the molecule is CC(C)(C)c1cc2c3cc1C1(C)CCC4(C)CC(C)(C)c5ccc6sc7ccc8c9c7c6c5Cc5cc4c1cc5N9c1cc(cc4c1B8c1cc5c(cc1N4c1ccc4c(c1)C(C)(C)CCC4(C)C)C(C)(C)CCC5(C)C)[C@@H]3C1(C)CCCCC21C. The minimum atomic E-state index is -0.209. The topological polar surface area (TPSA) is 6.48 Å². The fraction of sp³-hybridized carbons (Fsp3) is 0.488. The summed E-state index contributed by atoms with van der Waals surface area (Å²) in [6, 6.07) is 41.0. The molecular formula is C82H91BN2S. The van der Waals surface area contributed by atoms with Gasteiger partial charge in [-0.25, -0.2) is 0 Å². The minimum absolute atomic E-state index is 0.00528. The highest BCUT2D eigenvalue weighted by Crippen LogP contribution is 2.70. The van der Waals surface area contributed by atoms with Crippen LogP contribution in [0.4, 0.5) is 34.1 Å². The van der Waals surface area contributed by atoms with Gasteiger partial charge in [-0.05, 0) is 249 Å². The molecule has 6 aliphatic carbocycles. The van der Waals surface area contributed by atoms with Crippen molar-refractivity contribution >= 4 is 88.7 Å². The van der Waals surface area contributed by atoms with Crippen molar-refractivity contribution in [2.75, 3.05) is 9.80 Å². The van der Waals surface area contributed by atoms with Gasteiger partial charge < -0.3 is 9.80 Å². The Kier molecular flexibility index (Phi) is 9.87. The standard InChI is InChI=1S/C82H91BN2S/c1-73(2,3)53-40-52-49-39-58(53)80(15)33-32-79(14)44-78(12,13)50-22-24-66-68-48(50)34-45-35-57(79)59(80)43-62(45)85-65-37-46(70(49)82(17)27-19-18-26-81(52,82)16)36-64-71(65)83(60-23-25-67(86-66)69(68)72(60)85)61-41-55-56(77(10,11)31-30-76(55,8)9)42-63(61)84(64)47-20-21-51-54(38-47)75(6,7)29-28-74(51,4)5/h20-25,35-43,70H,18-19,26-34,44H2,1-17H3/t70-,79?,80?,81?,82?/m0/s1. The molecule has 5 atom stereocenters. The van der Waals surface area contributed by atoms with E-state index in [1.807, 2.05) is 0 Å². The maximum Gasteiger partial charge on any atom is 0.252 e. The Labute approximate surface area is 519 Å². The molecular weight excluding hydrogens is 1060 g/mol. The van der Waals surface area contributed by atoms with E-state index in [1.54, 1.807) is 55.6 Å². The minimum Gasteiger partial charge on any atom is -0.311 e. The Balaban J connectivity index is 1.07. The summed E-state index contributed by atoms with van der Waals surface area (Å²) in [7, 11) is 0. The molecule has 0 saturated heterocycles. The van der Waals surface area contributed by atoms with E-state index in [2.05, 4.69) is 230 Å². The van der Waals surface area contributed by atoms with Crippen LogP contribution in [0.25, 0.3) is 20.2 Å². The Morgan fingerprint density at radius 3 is 1.83 bits per heavy atom. The van der Waals surface area contributed by atoms with Gasteiger partial charge in [0.15, 0.2) is 0 Å². The second-order valence-electron chi connectivity index (χ2n) is 35.5. The Hall–Kier alpha value is -5.58. The van der Waals surface area contributed by atoms with E-state index in [9.17, 15) is 0 Å². The van der Waals surface area contributed by atoms with Gasteiger partial charge >= 0.3 is 0 Å². The van der Waals surface area contributed by atoms with Crippen molar-refractivity contribution in [2.24, 2.45) is 5.41 Å². The molecule has 0 spiro atoms. The van der Waals surface area contributed by atoms with Crippen LogP contribution in [0.2, 0.25) is 0 Å². The van der Waals surface area contributed by atoms with Gasteiger partial charge in [0.05, 0.1) is 5.69 Å². The summed E-state index contributed by atoms with van der Waals surface area (Å²) in [6.07, 6.45) is 14.2. The highest BCUT2D eigenvalue weighted by Gasteiger charge is 2.61. The average Bonchev–Trinajstić information content (AvgIpc) is 1.85. The number of thiophene rings is 1. The lowest BCUT2D eigenvalue weighted by Gasteiger charge is -2.51. The van der Waals surface area contributed by atoms with Crippen LogP contribution in [0, 0.1) is 5.41 Å². The van der Waals surface area contributed by atoms with Crippen molar-refractivity contribution in [1.82, 2.24) is 0 Å². The summed E-state index contributed by atoms with van der Waals surface area (Å²) in [5, 5.41) is 3.02. The lowest BCUT2D eigenvalue weighted by Crippen LogP contribution is -2.62. The first-order valence-corrected chi connectivity index (χ1v) is 34.7. The van der Waals surface area contributed by atoms with Gasteiger partial charge in [0.25, 0.3) is 6.71 Å². The number of hydrogen-bond acceptors (Lipinski definition) is 3. The van der Waals surface area contributed by atoms with Gasteiger partial charge in [0, 0.05) is 66.4 Å². The first-order chi connectivity index (χ1) is 40.4. The van der Waals surface area contributed by atoms with Crippen LogP contribution in [0.5, 0.6) is 0 Å². The molecule has 18 rings (SSSR count). The van der Waals surface area contributed by atoms with E-state index in [0.29, 0.717) is 0 Å². The highest BCUT2D eigenvalue weighted by molar-refractivity contribution is 7.26. The monoisotopic (exact) mass is 1150 g/mol. The number of nitrogens with zero attached hydrogens (tertiary/aromatic N) is 2. The first-order valence-electron chi connectivity index (χ1n) is 33.9. The molecule has 0 amide bonds. The van der Waals surface area contributed by atoms with Crippen molar-refractivity contribution in [2.45, 2.75) is 249 Å². The van der Waals surface area contributed by atoms with Gasteiger partial charge in [-0.1, -0.05) is 173 Å². The van der Waals surface area contributed by atoms with Crippen molar-refractivity contribution in [3.05, 3.63) is 169 Å². The van der Waals surface area contributed by atoms with Crippen LogP contribution in [0.1, 0.15) is 272 Å². The third-order valence-electron chi connectivity index (χ3n) is 27.2. The fourth-order valence-corrected chi connectivity index (χ4v) is 23.1. The molecule has 1 aromatic heterocycles. The fourth-order valence-electron chi connectivity index (χ4n) is 22.0. The van der Waals surface area contributed by atoms with Crippen LogP contribution < -0.4 is 26.2 Å². The molecule has 1 saturated carbocycles. The van der Waals surface area contributed by atoms with Gasteiger partial charge in [0.2, 0.25) is 0 Å². The quantitative estimate of drug-likeness (QED) is 0.151. The molecule has 8 aromatic rings. The largest absolute Gasteiger partial charge is 0.311 e. The van der Waals surface area contributed by atoms with Crippen LogP contribution in [0.15, 0.2) is 91.0 Å². The van der Waals surface area contributed by atoms with E-state index in [1.165, 1.54) is 151 Å². The van der Waals surface area contributed by atoms with Crippen molar-refractivity contribution in [1.29, 1.82) is 0 Å². The summed E-state index contributed by atoms with van der Waals surface area (Å²) in [5.41, 5.74) is 34.8. The van der Waals surface area contributed by atoms with E-state index in [4.69, 9.17) is 0 Å². The predicted octanol–water partition coefficient (Wildman–Crippen LogP) is 20.4. The van der Waals surface area contributed by atoms with Crippen molar-refractivity contribution in [3.8, 4) is 0 Å². The normalized spacial score (nSPS) is 28.7. The maximum atomic E-state index is 2.98. The Morgan fingerprint density at radius 1 is 0.477 bits per heavy atom. The van der Waals surface area contributed by atoms with Crippen LogP contribution in [-0.2, 0) is 55.2 Å². The number of fused-ring (bicyclic) bond motifs is 12. The molecule has 86 heavy (non-hydrogen) atoms. The third-order valence-corrected chi connectivity index (χ3v) is 28.3. The Morgan fingerprint density at radius 2 is 1.10 bits per heavy atom. The molecule has 7 aromatic carbocycles. The van der Waals surface area contributed by atoms with Crippen LogP contribution in [-0.4, -0.2) is 6.71 Å². The first kappa shape index (κ1) is 53.5. The lowest BCUT2D eigenvalue weighted by molar-refractivity contribution is 0.0923. The molecule has 10 aliphatic rings. The molecule has 9 bridgehead atoms. The third kappa shape index (κ3) is 6.33. The number of hydrogen-bond donors (Lipinski definition) is 0. The summed E-state index contributed by atoms with van der Waals surface area (Å²) in [4.78, 5) is 5.86.